The average Bonchev–Trinajstić information content (AvgIpc) is 2.70. The maximum Gasteiger partial charge on any atom is 0.251 e. The molecule has 30 heavy (non-hydrogen) atoms. The van der Waals surface area contributed by atoms with Crippen LogP contribution in [0.15, 0.2) is 48.5 Å². The first-order valence-corrected chi connectivity index (χ1v) is 10.3. The monoisotopic (exact) mass is 412 g/mol. The Labute approximate surface area is 178 Å². The van der Waals surface area contributed by atoms with Gasteiger partial charge >= 0.3 is 0 Å². The zero-order valence-corrected chi connectivity index (χ0v) is 18.0. The Kier molecular flexibility index (Phi) is 8.71. The van der Waals surface area contributed by atoms with Gasteiger partial charge in [-0.1, -0.05) is 39.0 Å². The Balaban J connectivity index is 1.53. The highest BCUT2D eigenvalue weighted by atomic mass is 16.5. The molecule has 0 aliphatic carbocycles. The number of carbonyl (C=O) groups excluding carboxylic acids is 2. The molecular formula is C24H32N2O4. The zero-order valence-electron chi connectivity index (χ0n) is 18.0. The standard InChI is InChI=1S/C24H32N2O4/c1-24(2,3)19-10-12-21(13-11-19)30-16-5-9-22(28)25-14-6-15-26-23(29)18-7-4-8-20(27)17-18/h4,7-8,10-13,17,27H,5-6,9,14-16H2,1-3H3,(H,25,28)(H,26,29). The van der Waals surface area contributed by atoms with E-state index in [1.165, 1.54) is 17.7 Å². The van der Waals surface area contributed by atoms with Gasteiger partial charge in [-0.15, -0.1) is 0 Å². The first-order valence-electron chi connectivity index (χ1n) is 10.3. The van der Waals surface area contributed by atoms with Crippen LogP contribution in [0, 0.1) is 0 Å². The lowest BCUT2D eigenvalue weighted by molar-refractivity contribution is -0.121. The molecule has 0 radical (unpaired) electrons. The van der Waals surface area contributed by atoms with Crippen LogP contribution in [0.5, 0.6) is 11.5 Å². The second-order valence-electron chi connectivity index (χ2n) is 8.24. The second kappa shape index (κ2) is 11.2. The van der Waals surface area contributed by atoms with Crippen LogP contribution < -0.4 is 15.4 Å². The summed E-state index contributed by atoms with van der Waals surface area (Å²) >= 11 is 0. The highest BCUT2D eigenvalue weighted by Gasteiger charge is 2.13. The van der Waals surface area contributed by atoms with Crippen LogP contribution in [0.25, 0.3) is 0 Å². The number of hydrogen-bond acceptors (Lipinski definition) is 4. The number of rotatable bonds is 10. The minimum Gasteiger partial charge on any atom is -0.508 e. The van der Waals surface area contributed by atoms with Crippen LogP contribution in [-0.2, 0) is 10.2 Å². The quantitative estimate of drug-likeness (QED) is 0.518. The molecule has 0 aliphatic rings. The number of nitrogens with one attached hydrogen (secondary N) is 2. The third-order valence-electron chi connectivity index (χ3n) is 4.61. The predicted molar refractivity (Wildman–Crippen MR) is 118 cm³/mol. The molecule has 0 unspecified atom stereocenters. The lowest BCUT2D eigenvalue weighted by Gasteiger charge is -2.19. The zero-order chi connectivity index (χ0) is 22.0. The number of amides is 2. The summed E-state index contributed by atoms with van der Waals surface area (Å²) in [6, 6.07) is 14.3. The normalized spacial score (nSPS) is 11.0. The van der Waals surface area contributed by atoms with Crippen molar-refractivity contribution in [1.29, 1.82) is 0 Å². The largest absolute Gasteiger partial charge is 0.508 e. The molecule has 0 heterocycles. The summed E-state index contributed by atoms with van der Waals surface area (Å²) in [7, 11) is 0. The van der Waals surface area contributed by atoms with Gasteiger partial charge in [0.15, 0.2) is 0 Å². The van der Waals surface area contributed by atoms with Crippen LogP contribution in [0.1, 0.15) is 56.0 Å². The number of aromatic hydroxyl groups is 1. The Morgan fingerprint density at radius 3 is 2.33 bits per heavy atom. The first kappa shape index (κ1) is 23.3. The minimum absolute atomic E-state index is 0.0269. The Morgan fingerprint density at radius 2 is 1.67 bits per heavy atom. The molecule has 0 spiro atoms. The van der Waals surface area contributed by atoms with Gasteiger partial charge in [0.1, 0.15) is 11.5 Å². The van der Waals surface area contributed by atoms with E-state index in [0.717, 1.165) is 5.75 Å². The van der Waals surface area contributed by atoms with Crippen molar-refractivity contribution in [2.45, 2.75) is 45.4 Å². The van der Waals surface area contributed by atoms with Crippen molar-refractivity contribution in [1.82, 2.24) is 10.6 Å². The molecule has 0 aromatic heterocycles. The minimum atomic E-state index is -0.245. The average molecular weight is 413 g/mol. The molecule has 2 amide bonds. The molecule has 0 saturated heterocycles. The molecule has 0 atom stereocenters. The molecule has 0 fully saturated rings. The first-order chi connectivity index (χ1) is 14.3. The Bertz CT molecular complexity index is 826. The summed E-state index contributed by atoms with van der Waals surface area (Å²) in [5.74, 6) is 0.595. The molecule has 162 valence electrons. The van der Waals surface area contributed by atoms with E-state index in [4.69, 9.17) is 4.74 Å². The van der Waals surface area contributed by atoms with Crippen LogP contribution in [0.3, 0.4) is 0 Å². The van der Waals surface area contributed by atoms with E-state index in [1.807, 2.05) is 12.1 Å². The fourth-order valence-corrected chi connectivity index (χ4v) is 2.83. The van der Waals surface area contributed by atoms with Crippen molar-refractivity contribution in [2.24, 2.45) is 0 Å². The van der Waals surface area contributed by atoms with E-state index in [2.05, 4.69) is 43.5 Å². The van der Waals surface area contributed by atoms with Gasteiger partial charge < -0.3 is 20.5 Å². The highest BCUT2D eigenvalue weighted by Crippen LogP contribution is 2.24. The summed E-state index contributed by atoms with van der Waals surface area (Å²) in [6.45, 7) is 7.94. The molecule has 6 nitrogen and oxygen atoms in total. The number of benzene rings is 2. The van der Waals surface area contributed by atoms with Crippen LogP contribution in [-0.4, -0.2) is 36.6 Å². The topological polar surface area (TPSA) is 87.7 Å². The summed E-state index contributed by atoms with van der Waals surface area (Å²) in [5, 5.41) is 15.0. The van der Waals surface area contributed by atoms with E-state index in [0.29, 0.717) is 44.5 Å². The second-order valence-corrected chi connectivity index (χ2v) is 8.24. The SMILES string of the molecule is CC(C)(C)c1ccc(OCCCC(=O)NCCCNC(=O)c2cccc(O)c2)cc1. The fourth-order valence-electron chi connectivity index (χ4n) is 2.83. The lowest BCUT2D eigenvalue weighted by Crippen LogP contribution is -2.29. The smallest absolute Gasteiger partial charge is 0.251 e. The maximum absolute atomic E-state index is 11.9. The van der Waals surface area contributed by atoms with E-state index in [1.54, 1.807) is 12.1 Å². The lowest BCUT2D eigenvalue weighted by atomic mass is 9.87. The molecule has 0 bridgehead atoms. The highest BCUT2D eigenvalue weighted by molar-refractivity contribution is 5.94. The van der Waals surface area contributed by atoms with Gasteiger partial charge in [0, 0.05) is 25.1 Å². The third kappa shape index (κ3) is 8.15. The van der Waals surface area contributed by atoms with E-state index < -0.39 is 0 Å². The van der Waals surface area contributed by atoms with Crippen molar-refractivity contribution >= 4 is 11.8 Å². The number of hydrogen-bond donors (Lipinski definition) is 3. The molecule has 0 aliphatic heterocycles. The van der Waals surface area contributed by atoms with Crippen LogP contribution >= 0.6 is 0 Å². The Hall–Kier alpha value is -3.02. The molecular weight excluding hydrogens is 380 g/mol. The van der Waals surface area contributed by atoms with Crippen molar-refractivity contribution < 1.29 is 19.4 Å². The van der Waals surface area contributed by atoms with Crippen LogP contribution in [0.2, 0.25) is 0 Å². The fraction of sp³-hybridized carbons (Fsp3) is 0.417. The van der Waals surface area contributed by atoms with Crippen molar-refractivity contribution in [3.05, 3.63) is 59.7 Å². The summed E-state index contributed by atoms with van der Waals surface area (Å²) < 4.78 is 5.70. The van der Waals surface area contributed by atoms with Crippen molar-refractivity contribution in [3.8, 4) is 11.5 Å². The van der Waals surface area contributed by atoms with E-state index in [-0.39, 0.29) is 23.0 Å². The number of phenolic OH excluding ortho intramolecular Hbond substituents is 1. The van der Waals surface area contributed by atoms with Crippen LogP contribution in [0.4, 0.5) is 0 Å². The molecule has 2 rings (SSSR count). The van der Waals surface area contributed by atoms with E-state index >= 15 is 0 Å². The van der Waals surface area contributed by atoms with Gasteiger partial charge in [-0.05, 0) is 54.2 Å². The molecule has 3 N–H and O–H groups in total. The van der Waals surface area contributed by atoms with Gasteiger partial charge in [-0.3, -0.25) is 9.59 Å². The summed E-state index contributed by atoms with van der Waals surface area (Å²) in [4.78, 5) is 23.8. The summed E-state index contributed by atoms with van der Waals surface area (Å²) in [5.41, 5.74) is 1.78. The molecule has 6 heteroatoms. The predicted octanol–water partition coefficient (Wildman–Crippen LogP) is 3.79. The third-order valence-corrected chi connectivity index (χ3v) is 4.61. The summed E-state index contributed by atoms with van der Waals surface area (Å²) in [6.07, 6.45) is 1.67. The van der Waals surface area contributed by atoms with Gasteiger partial charge in [0.25, 0.3) is 5.91 Å². The van der Waals surface area contributed by atoms with Gasteiger partial charge in [0.05, 0.1) is 6.61 Å². The number of ether oxygens (including phenoxy) is 1. The maximum atomic E-state index is 11.9. The molecule has 2 aromatic carbocycles. The van der Waals surface area contributed by atoms with Gasteiger partial charge in [0.2, 0.25) is 5.91 Å². The van der Waals surface area contributed by atoms with E-state index in [9.17, 15) is 14.7 Å². The van der Waals surface area contributed by atoms with Gasteiger partial charge in [-0.2, -0.15) is 0 Å². The Morgan fingerprint density at radius 1 is 0.967 bits per heavy atom. The number of carbonyl (C=O) groups is 2. The molecule has 2 aromatic rings. The number of phenols is 1. The molecule has 0 saturated carbocycles. The van der Waals surface area contributed by atoms with Gasteiger partial charge in [-0.25, -0.2) is 0 Å². The van der Waals surface area contributed by atoms with Crippen molar-refractivity contribution in [2.75, 3.05) is 19.7 Å². The van der Waals surface area contributed by atoms with Crippen molar-refractivity contribution in [3.63, 3.8) is 0 Å².